The van der Waals surface area contributed by atoms with E-state index < -0.39 is 0 Å². The van der Waals surface area contributed by atoms with Crippen molar-refractivity contribution in [3.8, 4) is 12.1 Å². The average Bonchev–Trinajstić information content (AvgIpc) is 2.61. The van der Waals surface area contributed by atoms with Crippen LogP contribution < -0.4 is 16.0 Å². The third-order valence-electron chi connectivity index (χ3n) is 4.01. The molecular formula is C18H21N7. The molecule has 3 N–H and O–H groups in total. The van der Waals surface area contributed by atoms with E-state index in [1.54, 1.807) is 0 Å². The second-order valence-corrected chi connectivity index (χ2v) is 5.64. The number of nitrogen functional groups attached to an aromatic ring is 1. The van der Waals surface area contributed by atoms with E-state index >= 15 is 0 Å². The molecule has 128 valence electrons. The Morgan fingerprint density at radius 3 is 2.44 bits per heavy atom. The molecule has 1 aromatic carbocycles. The number of nitrogens with one attached hydrogen (secondary N) is 1. The molecule has 2 aromatic rings. The van der Waals surface area contributed by atoms with Crippen LogP contribution in [-0.4, -0.2) is 23.1 Å². The van der Waals surface area contributed by atoms with Crippen LogP contribution in [-0.2, 0) is 0 Å². The summed E-state index contributed by atoms with van der Waals surface area (Å²) < 4.78 is 0. The van der Waals surface area contributed by atoms with Gasteiger partial charge in [-0.05, 0) is 31.0 Å². The predicted octanol–water partition coefficient (Wildman–Crippen LogP) is 3.05. The molecule has 7 nitrogen and oxygen atoms in total. The van der Waals surface area contributed by atoms with E-state index in [0.29, 0.717) is 43.3 Å². The van der Waals surface area contributed by atoms with Gasteiger partial charge < -0.3 is 16.0 Å². The molecule has 0 aliphatic heterocycles. The summed E-state index contributed by atoms with van der Waals surface area (Å²) in [5, 5.41) is 20.9. The Bertz CT molecular complexity index is 799. The van der Waals surface area contributed by atoms with Gasteiger partial charge in [0.25, 0.3) is 0 Å². The first-order valence-corrected chi connectivity index (χ1v) is 8.01. The van der Waals surface area contributed by atoms with Gasteiger partial charge in [-0.2, -0.15) is 10.5 Å². The van der Waals surface area contributed by atoms with Crippen molar-refractivity contribution in [2.45, 2.75) is 26.7 Å². The predicted molar refractivity (Wildman–Crippen MR) is 98.3 cm³/mol. The molecule has 0 saturated heterocycles. The van der Waals surface area contributed by atoms with Crippen LogP contribution in [0.3, 0.4) is 0 Å². The fourth-order valence-electron chi connectivity index (χ4n) is 2.45. The van der Waals surface area contributed by atoms with Gasteiger partial charge in [0.1, 0.15) is 12.0 Å². The minimum Gasteiger partial charge on any atom is -0.393 e. The third kappa shape index (κ3) is 4.36. The standard InChI is InChI=1S/C18H21N7/c1-13-6-3-7-15(14(13)2)24-17-16(21)18(23-12-22-17)25(10-4-8-19)11-5-9-20/h3,6-7,12H,4-5,10-11,21H2,1-2H3,(H,22,23,24). The van der Waals surface area contributed by atoms with Crippen molar-refractivity contribution >= 4 is 23.0 Å². The summed E-state index contributed by atoms with van der Waals surface area (Å²) >= 11 is 0. The summed E-state index contributed by atoms with van der Waals surface area (Å²) in [5.74, 6) is 1.05. The van der Waals surface area contributed by atoms with Gasteiger partial charge in [-0.3, -0.25) is 0 Å². The molecule has 0 atom stereocenters. The lowest BCUT2D eigenvalue weighted by Gasteiger charge is -2.24. The number of nitriles is 2. The van der Waals surface area contributed by atoms with Crippen molar-refractivity contribution in [1.82, 2.24) is 9.97 Å². The zero-order valence-electron chi connectivity index (χ0n) is 14.5. The van der Waals surface area contributed by atoms with Crippen LogP contribution in [0.5, 0.6) is 0 Å². The summed E-state index contributed by atoms with van der Waals surface area (Å²) in [6.07, 6.45) is 2.09. The van der Waals surface area contributed by atoms with E-state index in [1.807, 2.05) is 36.9 Å². The molecule has 0 aliphatic carbocycles. The number of nitrogens with two attached hydrogens (primary N) is 1. The van der Waals surface area contributed by atoms with Crippen LogP contribution in [0.15, 0.2) is 24.5 Å². The van der Waals surface area contributed by atoms with E-state index in [0.717, 1.165) is 11.3 Å². The smallest absolute Gasteiger partial charge is 0.159 e. The van der Waals surface area contributed by atoms with Gasteiger partial charge in [0, 0.05) is 18.8 Å². The van der Waals surface area contributed by atoms with Gasteiger partial charge >= 0.3 is 0 Å². The monoisotopic (exact) mass is 335 g/mol. The fraction of sp³-hybridized carbons (Fsp3) is 0.333. The van der Waals surface area contributed by atoms with Crippen molar-refractivity contribution in [1.29, 1.82) is 10.5 Å². The molecular weight excluding hydrogens is 314 g/mol. The van der Waals surface area contributed by atoms with E-state index in [9.17, 15) is 0 Å². The quantitative estimate of drug-likeness (QED) is 0.799. The van der Waals surface area contributed by atoms with Crippen molar-refractivity contribution in [3.05, 3.63) is 35.7 Å². The first kappa shape index (κ1) is 18.0. The maximum absolute atomic E-state index is 8.84. The molecule has 7 heteroatoms. The first-order valence-electron chi connectivity index (χ1n) is 8.01. The van der Waals surface area contributed by atoms with Gasteiger partial charge in [-0.15, -0.1) is 0 Å². The summed E-state index contributed by atoms with van der Waals surface area (Å²) in [6.45, 7) is 4.99. The molecule has 0 fully saturated rings. The lowest BCUT2D eigenvalue weighted by molar-refractivity contribution is 0.782. The SMILES string of the molecule is Cc1cccc(Nc2ncnc(N(CCC#N)CCC#N)c2N)c1C. The first-order chi connectivity index (χ1) is 12.1. The minimum absolute atomic E-state index is 0.328. The van der Waals surface area contributed by atoms with Crippen LogP contribution in [0.25, 0.3) is 0 Å². The highest BCUT2D eigenvalue weighted by atomic mass is 15.2. The Morgan fingerprint density at radius 1 is 1.12 bits per heavy atom. The van der Waals surface area contributed by atoms with E-state index in [4.69, 9.17) is 16.3 Å². The number of hydrogen-bond acceptors (Lipinski definition) is 7. The van der Waals surface area contributed by atoms with Gasteiger partial charge in [-0.25, -0.2) is 9.97 Å². The number of aromatic nitrogens is 2. The highest BCUT2D eigenvalue weighted by Crippen LogP contribution is 2.30. The van der Waals surface area contributed by atoms with E-state index in [2.05, 4.69) is 27.4 Å². The number of rotatable bonds is 7. The highest BCUT2D eigenvalue weighted by molar-refractivity contribution is 5.79. The van der Waals surface area contributed by atoms with Crippen molar-refractivity contribution in [2.75, 3.05) is 29.0 Å². The second-order valence-electron chi connectivity index (χ2n) is 5.64. The zero-order chi connectivity index (χ0) is 18.2. The number of hydrogen-bond donors (Lipinski definition) is 2. The summed E-state index contributed by atoms with van der Waals surface area (Å²) in [5.41, 5.74) is 9.89. The normalized spacial score (nSPS) is 9.92. The van der Waals surface area contributed by atoms with Gasteiger partial charge in [0.15, 0.2) is 11.6 Å². The largest absolute Gasteiger partial charge is 0.393 e. The maximum atomic E-state index is 8.84. The number of anilines is 4. The molecule has 0 aliphatic rings. The summed E-state index contributed by atoms with van der Waals surface area (Å²) in [7, 11) is 0. The number of benzene rings is 1. The lowest BCUT2D eigenvalue weighted by atomic mass is 10.1. The van der Waals surface area contributed by atoms with Crippen molar-refractivity contribution < 1.29 is 0 Å². The molecule has 1 aromatic heterocycles. The van der Waals surface area contributed by atoms with Crippen LogP contribution >= 0.6 is 0 Å². The Kier molecular flexibility index (Phi) is 6.14. The van der Waals surface area contributed by atoms with Gasteiger partial charge in [-0.1, -0.05) is 12.1 Å². The van der Waals surface area contributed by atoms with Gasteiger partial charge in [0.05, 0.1) is 25.0 Å². The van der Waals surface area contributed by atoms with Crippen LogP contribution in [0, 0.1) is 36.5 Å². The van der Waals surface area contributed by atoms with Crippen LogP contribution in [0.4, 0.5) is 23.0 Å². The Morgan fingerprint density at radius 2 is 1.80 bits per heavy atom. The maximum Gasteiger partial charge on any atom is 0.159 e. The minimum atomic E-state index is 0.328. The Hall–Kier alpha value is -3.32. The molecule has 0 bridgehead atoms. The van der Waals surface area contributed by atoms with Crippen molar-refractivity contribution in [3.63, 3.8) is 0 Å². The van der Waals surface area contributed by atoms with E-state index in [1.165, 1.54) is 11.9 Å². The molecule has 0 saturated carbocycles. The molecule has 0 spiro atoms. The third-order valence-corrected chi connectivity index (χ3v) is 4.01. The average molecular weight is 335 g/mol. The van der Waals surface area contributed by atoms with Gasteiger partial charge in [0.2, 0.25) is 0 Å². The molecule has 25 heavy (non-hydrogen) atoms. The van der Waals surface area contributed by atoms with E-state index in [-0.39, 0.29) is 0 Å². The Labute approximate surface area is 147 Å². The summed E-state index contributed by atoms with van der Waals surface area (Å²) in [6, 6.07) is 10.2. The topological polar surface area (TPSA) is 115 Å². The molecule has 0 radical (unpaired) electrons. The summed E-state index contributed by atoms with van der Waals surface area (Å²) in [4.78, 5) is 10.3. The fourth-order valence-corrected chi connectivity index (χ4v) is 2.45. The van der Waals surface area contributed by atoms with Crippen molar-refractivity contribution in [2.24, 2.45) is 0 Å². The Balaban J connectivity index is 2.33. The molecule has 0 unspecified atom stereocenters. The highest BCUT2D eigenvalue weighted by Gasteiger charge is 2.15. The molecule has 0 amide bonds. The van der Waals surface area contributed by atoms with Crippen LogP contribution in [0.1, 0.15) is 24.0 Å². The second kappa shape index (κ2) is 8.51. The number of aryl methyl sites for hydroxylation is 1. The molecule has 2 rings (SSSR count). The number of nitrogens with zero attached hydrogens (tertiary/aromatic N) is 5. The lowest BCUT2D eigenvalue weighted by Crippen LogP contribution is -2.27. The molecule has 1 heterocycles. The zero-order valence-corrected chi connectivity index (χ0v) is 14.5. The van der Waals surface area contributed by atoms with Crippen LogP contribution in [0.2, 0.25) is 0 Å².